The number of carbonyl (C=O) groups excluding carboxylic acids is 3. The summed E-state index contributed by atoms with van der Waals surface area (Å²) in [6, 6.07) is 5.57. The normalized spacial score (nSPS) is 11.6. The van der Waals surface area contributed by atoms with E-state index in [1.54, 1.807) is 30.5 Å². The molecule has 10 nitrogen and oxygen atoms in total. The summed E-state index contributed by atoms with van der Waals surface area (Å²) in [5, 5.41) is 2.53. The van der Waals surface area contributed by atoms with Gasteiger partial charge in [-0.2, -0.15) is 0 Å². The van der Waals surface area contributed by atoms with Gasteiger partial charge >= 0.3 is 0 Å². The van der Waals surface area contributed by atoms with Gasteiger partial charge in [0.15, 0.2) is 0 Å². The Balaban J connectivity index is 1.84. The van der Waals surface area contributed by atoms with E-state index < -0.39 is 23.6 Å². The summed E-state index contributed by atoms with van der Waals surface area (Å²) in [5.41, 5.74) is 5.78. The summed E-state index contributed by atoms with van der Waals surface area (Å²) < 4.78 is 1.43. The zero-order valence-corrected chi connectivity index (χ0v) is 14.0. The topological polar surface area (TPSA) is 146 Å². The molecule has 0 bridgehead atoms. The van der Waals surface area contributed by atoms with E-state index in [9.17, 15) is 14.4 Å². The number of rotatable bonds is 7. The van der Waals surface area contributed by atoms with E-state index in [0.717, 1.165) is 0 Å². The summed E-state index contributed by atoms with van der Waals surface area (Å²) in [6.45, 7) is 0. The van der Waals surface area contributed by atoms with E-state index in [1.807, 2.05) is 0 Å². The van der Waals surface area contributed by atoms with Gasteiger partial charge in [0.2, 0.25) is 5.78 Å². The van der Waals surface area contributed by atoms with Gasteiger partial charge in [0, 0.05) is 24.5 Å². The molecular formula is C17H15N7O3. The molecule has 0 aromatic carbocycles. The highest BCUT2D eigenvalue weighted by Crippen LogP contribution is 2.09. The Bertz CT molecular complexity index is 957. The Morgan fingerprint density at radius 3 is 2.63 bits per heavy atom. The zero-order chi connectivity index (χ0) is 19.2. The van der Waals surface area contributed by atoms with Gasteiger partial charge in [0.1, 0.15) is 30.2 Å². The monoisotopic (exact) mass is 365 g/mol. The largest absolute Gasteiger partial charge is 0.363 e. The predicted molar refractivity (Wildman–Crippen MR) is 92.6 cm³/mol. The fourth-order valence-corrected chi connectivity index (χ4v) is 2.41. The lowest BCUT2D eigenvalue weighted by atomic mass is 10.1. The molecule has 3 aromatic rings. The van der Waals surface area contributed by atoms with Crippen LogP contribution in [0.3, 0.4) is 0 Å². The van der Waals surface area contributed by atoms with Crippen molar-refractivity contribution in [3.05, 3.63) is 66.9 Å². The number of nitrogens with zero attached hydrogens (tertiary/aromatic N) is 5. The van der Waals surface area contributed by atoms with Crippen molar-refractivity contribution in [2.24, 2.45) is 5.73 Å². The van der Waals surface area contributed by atoms with Gasteiger partial charge in [0.25, 0.3) is 11.8 Å². The third kappa shape index (κ3) is 4.18. The van der Waals surface area contributed by atoms with Crippen molar-refractivity contribution in [2.75, 3.05) is 0 Å². The zero-order valence-electron chi connectivity index (χ0n) is 14.0. The number of amides is 2. The average Bonchev–Trinajstić information content (AvgIpc) is 3.18. The number of primary amides is 1. The van der Waals surface area contributed by atoms with Crippen LogP contribution in [-0.4, -0.2) is 48.1 Å². The second kappa shape index (κ2) is 7.95. The number of nitrogens with one attached hydrogen (secondary N) is 1. The molecule has 3 heterocycles. The number of hydrogen-bond donors (Lipinski definition) is 2. The number of imidazole rings is 1. The van der Waals surface area contributed by atoms with E-state index in [1.165, 1.54) is 29.6 Å². The number of nitrogens with two attached hydrogens (primary N) is 1. The molecule has 1 atom stereocenters. The maximum absolute atomic E-state index is 12.7. The first-order valence-electron chi connectivity index (χ1n) is 7.89. The predicted octanol–water partition coefficient (Wildman–Crippen LogP) is -0.547. The molecule has 0 aliphatic rings. The third-order valence-corrected chi connectivity index (χ3v) is 3.69. The lowest BCUT2D eigenvalue weighted by molar-refractivity contribution is -0.137. The number of ketones is 1. The lowest BCUT2D eigenvalue weighted by Gasteiger charge is -2.16. The van der Waals surface area contributed by atoms with Crippen LogP contribution in [0.4, 0.5) is 0 Å². The van der Waals surface area contributed by atoms with E-state index in [0.29, 0.717) is 11.5 Å². The van der Waals surface area contributed by atoms with Gasteiger partial charge in [-0.3, -0.25) is 23.9 Å². The van der Waals surface area contributed by atoms with Crippen LogP contribution in [0.15, 0.2) is 55.5 Å². The molecule has 10 heteroatoms. The fraction of sp³-hybridized carbons (Fsp3) is 0.118. The van der Waals surface area contributed by atoms with Crippen LogP contribution in [0.5, 0.6) is 0 Å². The second-order valence-corrected chi connectivity index (χ2v) is 5.50. The fourth-order valence-electron chi connectivity index (χ4n) is 2.41. The first-order valence-corrected chi connectivity index (χ1v) is 7.89. The summed E-state index contributed by atoms with van der Waals surface area (Å²) in [6.07, 6.45) is 7.15. The van der Waals surface area contributed by atoms with Crippen molar-refractivity contribution in [2.45, 2.75) is 12.5 Å². The van der Waals surface area contributed by atoms with E-state index in [4.69, 9.17) is 5.73 Å². The SMILES string of the molecule is NC(=O)C(=O)C(Cc1ccccn1)NC(=O)c1cncn1-c1ccncn1. The molecule has 3 aromatic heterocycles. The minimum absolute atomic E-state index is 0.0238. The van der Waals surface area contributed by atoms with Crippen LogP contribution in [0, 0.1) is 0 Å². The van der Waals surface area contributed by atoms with Gasteiger partial charge in [-0.1, -0.05) is 6.07 Å². The van der Waals surface area contributed by atoms with Crippen LogP contribution in [-0.2, 0) is 16.0 Å². The first kappa shape index (κ1) is 17.9. The Kier molecular flexibility index (Phi) is 5.26. The minimum atomic E-state index is -1.15. The van der Waals surface area contributed by atoms with Gasteiger partial charge in [-0.05, 0) is 18.2 Å². The molecular weight excluding hydrogens is 350 g/mol. The Hall–Kier alpha value is -3.95. The summed E-state index contributed by atoms with van der Waals surface area (Å²) in [4.78, 5) is 52.1. The quantitative estimate of drug-likeness (QED) is 0.534. The minimum Gasteiger partial charge on any atom is -0.363 e. The third-order valence-electron chi connectivity index (χ3n) is 3.69. The van der Waals surface area contributed by atoms with Crippen molar-refractivity contribution in [3.63, 3.8) is 0 Å². The lowest BCUT2D eigenvalue weighted by Crippen LogP contribution is -2.47. The highest BCUT2D eigenvalue weighted by atomic mass is 16.2. The maximum atomic E-state index is 12.7. The van der Waals surface area contributed by atoms with Crippen LogP contribution in [0.25, 0.3) is 5.82 Å². The smallest absolute Gasteiger partial charge is 0.287 e. The number of carbonyl (C=O) groups is 3. The van der Waals surface area contributed by atoms with E-state index in [2.05, 4.69) is 25.3 Å². The van der Waals surface area contributed by atoms with Crippen molar-refractivity contribution in [1.29, 1.82) is 0 Å². The molecule has 27 heavy (non-hydrogen) atoms. The molecule has 0 radical (unpaired) electrons. The Morgan fingerprint density at radius 2 is 1.96 bits per heavy atom. The van der Waals surface area contributed by atoms with Crippen LogP contribution in [0.2, 0.25) is 0 Å². The average molecular weight is 365 g/mol. The van der Waals surface area contributed by atoms with Crippen molar-refractivity contribution >= 4 is 17.6 Å². The molecule has 0 aliphatic heterocycles. The van der Waals surface area contributed by atoms with E-state index >= 15 is 0 Å². The van der Waals surface area contributed by atoms with Crippen LogP contribution in [0.1, 0.15) is 16.2 Å². The Morgan fingerprint density at radius 1 is 1.11 bits per heavy atom. The molecule has 2 amide bonds. The molecule has 3 rings (SSSR count). The van der Waals surface area contributed by atoms with Gasteiger partial charge in [-0.15, -0.1) is 0 Å². The van der Waals surface area contributed by atoms with Gasteiger partial charge in [-0.25, -0.2) is 15.0 Å². The van der Waals surface area contributed by atoms with Gasteiger partial charge in [0.05, 0.1) is 6.20 Å². The molecule has 3 N–H and O–H groups in total. The highest BCUT2D eigenvalue weighted by molar-refractivity contribution is 6.38. The van der Waals surface area contributed by atoms with Crippen molar-refractivity contribution in [3.8, 4) is 5.82 Å². The van der Waals surface area contributed by atoms with Crippen molar-refractivity contribution < 1.29 is 14.4 Å². The maximum Gasteiger partial charge on any atom is 0.287 e. The second-order valence-electron chi connectivity index (χ2n) is 5.50. The Labute approximate surface area is 153 Å². The summed E-state index contributed by atoms with van der Waals surface area (Å²) >= 11 is 0. The molecule has 0 saturated carbocycles. The summed E-state index contributed by atoms with van der Waals surface area (Å²) in [7, 11) is 0. The molecule has 0 saturated heterocycles. The molecule has 1 unspecified atom stereocenters. The number of pyridine rings is 1. The molecule has 0 aliphatic carbocycles. The number of Topliss-reactive ketones (excluding diaryl/α,β-unsaturated/α-hetero) is 1. The molecule has 0 spiro atoms. The van der Waals surface area contributed by atoms with Crippen molar-refractivity contribution in [1.82, 2.24) is 29.8 Å². The number of aromatic nitrogens is 5. The standard InChI is InChI=1S/C17H15N7O3/c18-16(26)15(25)12(7-11-3-1-2-5-21-11)23-17(27)13-8-20-10-24(13)14-4-6-19-9-22-14/h1-6,8-10,12H,7H2,(H2,18,26)(H,23,27). The molecule has 136 valence electrons. The highest BCUT2D eigenvalue weighted by Gasteiger charge is 2.27. The number of hydrogen-bond acceptors (Lipinski definition) is 7. The van der Waals surface area contributed by atoms with Crippen LogP contribution >= 0.6 is 0 Å². The van der Waals surface area contributed by atoms with Crippen LogP contribution < -0.4 is 11.1 Å². The van der Waals surface area contributed by atoms with Gasteiger partial charge < -0.3 is 11.1 Å². The first-order chi connectivity index (χ1) is 13.1. The van der Waals surface area contributed by atoms with E-state index in [-0.39, 0.29) is 12.1 Å². The molecule has 0 fully saturated rings. The summed E-state index contributed by atoms with van der Waals surface area (Å²) in [5.74, 6) is -2.24.